The number of hydrogen-bond donors (Lipinski definition) is 3. The molecule has 132 valence electrons. The number of hydrazine groups is 1. The molecule has 1 fully saturated rings. The molecule has 0 atom stereocenters. The zero-order valence-electron chi connectivity index (χ0n) is 13.5. The van der Waals surface area contributed by atoms with Crippen LogP contribution in [0.5, 0.6) is 0 Å². The van der Waals surface area contributed by atoms with Gasteiger partial charge in [0.15, 0.2) is 5.82 Å². The highest BCUT2D eigenvalue weighted by molar-refractivity contribution is 6.29. The molecular formula is C16H19ClN6O2. The van der Waals surface area contributed by atoms with E-state index in [-0.39, 0.29) is 11.2 Å². The molecule has 2 heterocycles. The molecule has 2 aromatic rings. The summed E-state index contributed by atoms with van der Waals surface area (Å²) in [7, 11) is 0. The number of ether oxygens (including phenoxy) is 1. The van der Waals surface area contributed by atoms with Crippen LogP contribution < -0.4 is 21.1 Å². The van der Waals surface area contributed by atoms with Crippen LogP contribution >= 0.6 is 11.6 Å². The van der Waals surface area contributed by atoms with E-state index >= 15 is 0 Å². The van der Waals surface area contributed by atoms with Crippen molar-refractivity contribution in [3.8, 4) is 0 Å². The molecule has 0 spiro atoms. The van der Waals surface area contributed by atoms with Gasteiger partial charge in [0.2, 0.25) is 0 Å². The number of aromatic nitrogens is 2. The number of carbonyl (C=O) groups excluding carboxylic acids is 1. The summed E-state index contributed by atoms with van der Waals surface area (Å²) >= 11 is 5.74. The third-order valence-corrected chi connectivity index (χ3v) is 3.87. The third kappa shape index (κ3) is 4.94. The lowest BCUT2D eigenvalue weighted by molar-refractivity contribution is 0.122. The molecule has 3 rings (SSSR count). The van der Waals surface area contributed by atoms with Crippen LogP contribution in [0, 0.1) is 0 Å². The number of morpholine rings is 1. The predicted octanol–water partition coefficient (Wildman–Crippen LogP) is 1.79. The Morgan fingerprint density at radius 2 is 2.04 bits per heavy atom. The summed E-state index contributed by atoms with van der Waals surface area (Å²) in [6.45, 7) is 3.53. The monoisotopic (exact) mass is 362 g/mol. The van der Waals surface area contributed by atoms with Gasteiger partial charge in [-0.2, -0.15) is 0 Å². The fourth-order valence-corrected chi connectivity index (χ4v) is 2.66. The van der Waals surface area contributed by atoms with Crippen LogP contribution in [-0.2, 0) is 11.3 Å². The van der Waals surface area contributed by atoms with Gasteiger partial charge in [0.05, 0.1) is 25.6 Å². The highest BCUT2D eigenvalue weighted by Gasteiger charge is 2.14. The van der Waals surface area contributed by atoms with Crippen molar-refractivity contribution in [3.63, 3.8) is 0 Å². The van der Waals surface area contributed by atoms with Crippen LogP contribution in [0.25, 0.3) is 0 Å². The predicted molar refractivity (Wildman–Crippen MR) is 95.5 cm³/mol. The van der Waals surface area contributed by atoms with Gasteiger partial charge in [-0.25, -0.2) is 9.78 Å². The van der Waals surface area contributed by atoms with E-state index in [1.54, 1.807) is 0 Å². The molecule has 0 aliphatic carbocycles. The second-order valence-corrected chi connectivity index (χ2v) is 5.78. The summed E-state index contributed by atoms with van der Waals surface area (Å²) in [5, 5.41) is 3.05. The van der Waals surface area contributed by atoms with E-state index in [1.807, 2.05) is 18.2 Å². The SMILES string of the molecule is O=C(NCc1ccccc1N1CCOCC1)NNc1cncc(Cl)n1. The van der Waals surface area contributed by atoms with Gasteiger partial charge >= 0.3 is 6.03 Å². The van der Waals surface area contributed by atoms with E-state index in [1.165, 1.54) is 12.4 Å². The summed E-state index contributed by atoms with van der Waals surface area (Å²) < 4.78 is 5.39. The summed E-state index contributed by atoms with van der Waals surface area (Å²) in [5.41, 5.74) is 7.31. The molecule has 8 nitrogen and oxygen atoms in total. The smallest absolute Gasteiger partial charge is 0.333 e. The minimum absolute atomic E-state index is 0.242. The van der Waals surface area contributed by atoms with Gasteiger partial charge in [-0.3, -0.25) is 15.8 Å². The molecule has 1 aliphatic heterocycles. The van der Waals surface area contributed by atoms with Gasteiger partial charge in [0.1, 0.15) is 5.15 Å². The van der Waals surface area contributed by atoms with E-state index in [4.69, 9.17) is 16.3 Å². The highest BCUT2D eigenvalue weighted by atomic mass is 35.5. The number of halogens is 1. The maximum atomic E-state index is 12.0. The van der Waals surface area contributed by atoms with E-state index in [2.05, 4.69) is 37.1 Å². The molecule has 2 amide bonds. The Balaban J connectivity index is 1.53. The lowest BCUT2D eigenvalue weighted by Gasteiger charge is -2.30. The summed E-state index contributed by atoms with van der Waals surface area (Å²) in [4.78, 5) is 22.1. The standard InChI is InChI=1S/C16H19ClN6O2/c17-14-10-18-11-15(20-14)21-22-16(24)19-9-12-3-1-2-4-13(12)23-5-7-25-8-6-23/h1-4,10-11H,5-9H2,(H,20,21)(H2,19,22,24). The van der Waals surface area contributed by atoms with Crippen LogP contribution in [0.3, 0.4) is 0 Å². The molecule has 1 saturated heterocycles. The summed E-state index contributed by atoms with van der Waals surface area (Å²) in [6, 6.07) is 7.63. The number of carbonyl (C=O) groups is 1. The lowest BCUT2D eigenvalue weighted by Crippen LogP contribution is -2.40. The van der Waals surface area contributed by atoms with Crippen molar-refractivity contribution in [1.29, 1.82) is 0 Å². The van der Waals surface area contributed by atoms with E-state index in [9.17, 15) is 4.79 Å². The van der Waals surface area contributed by atoms with Crippen LogP contribution in [0.15, 0.2) is 36.7 Å². The molecule has 1 aromatic heterocycles. The topological polar surface area (TPSA) is 91.4 Å². The van der Waals surface area contributed by atoms with Crippen LogP contribution in [0.4, 0.5) is 16.3 Å². The molecule has 0 unspecified atom stereocenters. The zero-order valence-corrected chi connectivity index (χ0v) is 14.3. The normalized spacial score (nSPS) is 14.0. The Hall–Kier alpha value is -2.58. The average molecular weight is 363 g/mol. The Morgan fingerprint density at radius 3 is 2.84 bits per heavy atom. The van der Waals surface area contributed by atoms with Crippen molar-refractivity contribution in [2.45, 2.75) is 6.54 Å². The van der Waals surface area contributed by atoms with E-state index in [0.29, 0.717) is 25.6 Å². The maximum Gasteiger partial charge on any atom is 0.333 e. The molecular weight excluding hydrogens is 344 g/mol. The quantitative estimate of drug-likeness (QED) is 0.702. The molecule has 0 bridgehead atoms. The summed E-state index contributed by atoms with van der Waals surface area (Å²) in [6.07, 6.45) is 2.87. The Bertz CT molecular complexity index is 723. The molecule has 1 aromatic carbocycles. The van der Waals surface area contributed by atoms with Crippen LogP contribution in [0.1, 0.15) is 5.56 Å². The number of nitrogens with zero attached hydrogens (tertiary/aromatic N) is 3. The third-order valence-electron chi connectivity index (χ3n) is 3.69. The number of nitrogens with one attached hydrogen (secondary N) is 3. The average Bonchev–Trinajstić information content (AvgIpc) is 2.66. The molecule has 0 saturated carbocycles. The molecule has 25 heavy (non-hydrogen) atoms. The zero-order chi connectivity index (χ0) is 17.5. The number of para-hydroxylation sites is 1. The van der Waals surface area contributed by atoms with Crippen molar-refractivity contribution in [2.24, 2.45) is 0 Å². The minimum Gasteiger partial charge on any atom is -0.378 e. The first-order valence-electron chi connectivity index (χ1n) is 7.90. The van der Waals surface area contributed by atoms with Gasteiger partial charge in [-0.05, 0) is 11.6 Å². The number of urea groups is 1. The lowest BCUT2D eigenvalue weighted by atomic mass is 10.1. The largest absolute Gasteiger partial charge is 0.378 e. The fourth-order valence-electron chi connectivity index (χ4n) is 2.52. The van der Waals surface area contributed by atoms with Gasteiger partial charge in [-0.15, -0.1) is 0 Å². The Labute approximate surface area is 150 Å². The molecule has 0 radical (unpaired) electrons. The van der Waals surface area contributed by atoms with Crippen molar-refractivity contribution < 1.29 is 9.53 Å². The number of hydrogen-bond acceptors (Lipinski definition) is 6. The van der Waals surface area contributed by atoms with Gasteiger partial charge in [0.25, 0.3) is 0 Å². The van der Waals surface area contributed by atoms with Gasteiger partial charge < -0.3 is 15.0 Å². The van der Waals surface area contributed by atoms with Gasteiger partial charge in [0, 0.05) is 25.3 Å². The highest BCUT2D eigenvalue weighted by Crippen LogP contribution is 2.21. The summed E-state index contributed by atoms with van der Waals surface area (Å²) in [5.74, 6) is 0.358. The van der Waals surface area contributed by atoms with Crippen molar-refractivity contribution >= 4 is 29.1 Å². The number of rotatable bonds is 5. The van der Waals surface area contributed by atoms with E-state index in [0.717, 1.165) is 24.3 Å². The Kier molecular flexibility index (Phi) is 5.86. The first kappa shape index (κ1) is 17.2. The minimum atomic E-state index is -0.376. The second kappa shape index (κ2) is 8.50. The van der Waals surface area contributed by atoms with Crippen molar-refractivity contribution in [2.75, 3.05) is 36.6 Å². The molecule has 1 aliphatic rings. The first-order valence-corrected chi connectivity index (χ1v) is 8.28. The second-order valence-electron chi connectivity index (χ2n) is 5.39. The fraction of sp³-hybridized carbons (Fsp3) is 0.312. The van der Waals surface area contributed by atoms with Crippen LogP contribution in [0.2, 0.25) is 5.15 Å². The number of anilines is 2. The maximum absolute atomic E-state index is 12.0. The van der Waals surface area contributed by atoms with Gasteiger partial charge in [-0.1, -0.05) is 29.8 Å². The molecule has 9 heteroatoms. The first-order chi connectivity index (χ1) is 12.2. The number of amides is 2. The van der Waals surface area contributed by atoms with E-state index < -0.39 is 0 Å². The van der Waals surface area contributed by atoms with Crippen molar-refractivity contribution in [3.05, 3.63) is 47.4 Å². The van der Waals surface area contributed by atoms with Crippen LogP contribution in [-0.4, -0.2) is 42.3 Å². The number of benzene rings is 1. The molecule has 3 N–H and O–H groups in total. The Morgan fingerprint density at radius 1 is 1.24 bits per heavy atom. The van der Waals surface area contributed by atoms with Crippen molar-refractivity contribution in [1.82, 2.24) is 20.7 Å².